The molecule has 1 fully saturated rings. The number of amides is 3. The van der Waals surface area contributed by atoms with Crippen LogP contribution in [0.1, 0.15) is 50.0 Å². The third-order valence-corrected chi connectivity index (χ3v) is 9.10. The second-order valence-corrected chi connectivity index (χ2v) is 11.8. The molecule has 7 nitrogen and oxygen atoms in total. The first kappa shape index (κ1) is 26.3. The fourth-order valence-electron chi connectivity index (χ4n) is 6.92. The van der Waals surface area contributed by atoms with E-state index >= 15 is 0 Å². The molecule has 0 unspecified atom stereocenters. The van der Waals surface area contributed by atoms with Crippen LogP contribution in [-0.2, 0) is 19.1 Å². The van der Waals surface area contributed by atoms with E-state index in [1.165, 1.54) is 6.07 Å². The number of nitrogens with one attached hydrogen (secondary N) is 1. The van der Waals surface area contributed by atoms with Gasteiger partial charge in [0.2, 0.25) is 11.8 Å². The Morgan fingerprint density at radius 2 is 1.31 bits per heavy atom. The number of nitrogens with zero attached hydrogens (tertiary/aromatic N) is 1. The molecule has 3 amide bonds. The van der Waals surface area contributed by atoms with E-state index in [4.69, 9.17) is 4.74 Å². The predicted octanol–water partition coefficient (Wildman–Crippen LogP) is 5.95. The number of esters is 1. The van der Waals surface area contributed by atoms with Gasteiger partial charge in [-0.05, 0) is 65.1 Å². The van der Waals surface area contributed by atoms with Crippen molar-refractivity contribution < 1.29 is 23.9 Å². The third-order valence-electron chi connectivity index (χ3n) is 8.61. The first-order valence-electron chi connectivity index (χ1n) is 13.7. The molecule has 1 saturated heterocycles. The number of hydrogen-bond donors (Lipinski definition) is 1. The Labute approximate surface area is 250 Å². The van der Waals surface area contributed by atoms with Gasteiger partial charge in [0, 0.05) is 22.0 Å². The Hall–Kier alpha value is -4.56. The van der Waals surface area contributed by atoms with Gasteiger partial charge in [-0.2, -0.15) is 0 Å². The fourth-order valence-corrected chi connectivity index (χ4v) is 7.39. The summed E-state index contributed by atoms with van der Waals surface area (Å²) in [6, 6.07) is 27.9. The molecular weight excluding hydrogens is 596 g/mol. The number of carbonyl (C=O) groups is 4. The Balaban J connectivity index is 1.17. The zero-order valence-corrected chi connectivity index (χ0v) is 24.1. The summed E-state index contributed by atoms with van der Waals surface area (Å²) >= 11 is 3.39. The lowest BCUT2D eigenvalue weighted by Gasteiger charge is -2.45. The van der Waals surface area contributed by atoms with Crippen molar-refractivity contribution in [3.05, 3.63) is 129 Å². The molecule has 0 radical (unpaired) electrons. The van der Waals surface area contributed by atoms with Crippen LogP contribution >= 0.6 is 15.9 Å². The molecule has 0 aromatic heterocycles. The van der Waals surface area contributed by atoms with E-state index < -0.39 is 30.3 Å². The lowest BCUT2D eigenvalue weighted by Crippen LogP contribution is -2.41. The molecule has 4 aliphatic rings. The minimum atomic E-state index is -0.793. The standard InChI is InChI=1S/C34H25BrN2O5/c1-18-16-19(35)14-15-25(18)36-27(38)17-42-34(41)24-12-6-7-13-26(24)37-32(39)30-28-20-8-2-3-9-21(20)29(31(30)33(37)40)23-11-5-4-10-22(23)28/h2-16,28-31H,17H2,1H3,(H,36,38)/t28?,29?,30-,31+. The Bertz CT molecular complexity index is 1700. The fraction of sp³-hybridized carbons (Fsp3) is 0.176. The van der Waals surface area contributed by atoms with E-state index in [2.05, 4.69) is 21.2 Å². The van der Waals surface area contributed by atoms with Crippen molar-refractivity contribution in [1.82, 2.24) is 0 Å². The maximum atomic E-state index is 14.1. The summed E-state index contributed by atoms with van der Waals surface area (Å²) in [7, 11) is 0. The summed E-state index contributed by atoms with van der Waals surface area (Å²) in [6.07, 6.45) is 0. The summed E-state index contributed by atoms with van der Waals surface area (Å²) in [5.74, 6) is -3.60. The quantitative estimate of drug-likeness (QED) is 0.220. The smallest absolute Gasteiger partial charge is 0.340 e. The van der Waals surface area contributed by atoms with Crippen LogP contribution in [0.25, 0.3) is 0 Å². The van der Waals surface area contributed by atoms with E-state index in [1.807, 2.05) is 61.5 Å². The summed E-state index contributed by atoms with van der Waals surface area (Å²) in [6.45, 7) is 1.33. The number of anilines is 2. The van der Waals surface area contributed by atoms with Crippen molar-refractivity contribution in [2.75, 3.05) is 16.8 Å². The van der Waals surface area contributed by atoms with Gasteiger partial charge in [-0.1, -0.05) is 76.6 Å². The van der Waals surface area contributed by atoms with Crippen LogP contribution in [-0.4, -0.2) is 30.3 Å². The molecule has 208 valence electrons. The Morgan fingerprint density at radius 3 is 1.86 bits per heavy atom. The lowest BCUT2D eigenvalue weighted by atomic mass is 9.55. The highest BCUT2D eigenvalue weighted by atomic mass is 79.9. The summed E-state index contributed by atoms with van der Waals surface area (Å²) in [5.41, 5.74) is 5.97. The normalized spacial score (nSPS) is 21.4. The molecule has 4 aromatic carbocycles. The maximum absolute atomic E-state index is 14.1. The SMILES string of the molecule is Cc1cc(Br)ccc1NC(=O)COC(=O)c1ccccc1N1C(=O)[C@@H]2C3c4ccccc4C(c4ccccc43)[C@@H]2C1=O. The van der Waals surface area contributed by atoms with Gasteiger partial charge in [0.05, 0.1) is 23.1 Å². The summed E-state index contributed by atoms with van der Waals surface area (Å²) < 4.78 is 6.24. The second-order valence-electron chi connectivity index (χ2n) is 10.9. The molecule has 8 heteroatoms. The van der Waals surface area contributed by atoms with Gasteiger partial charge in [0.1, 0.15) is 0 Å². The molecule has 1 aliphatic heterocycles. The largest absolute Gasteiger partial charge is 0.452 e. The van der Waals surface area contributed by atoms with Gasteiger partial charge in [-0.25, -0.2) is 9.69 Å². The van der Waals surface area contributed by atoms with Crippen LogP contribution in [0, 0.1) is 18.8 Å². The van der Waals surface area contributed by atoms with Crippen molar-refractivity contribution in [2.24, 2.45) is 11.8 Å². The molecular formula is C34H25BrN2O5. The Morgan fingerprint density at radius 1 is 0.786 bits per heavy atom. The number of hydrogen-bond acceptors (Lipinski definition) is 5. The van der Waals surface area contributed by atoms with Gasteiger partial charge in [0.25, 0.3) is 5.91 Å². The van der Waals surface area contributed by atoms with Crippen molar-refractivity contribution in [3.63, 3.8) is 0 Å². The highest BCUT2D eigenvalue weighted by Crippen LogP contribution is 2.61. The first-order chi connectivity index (χ1) is 20.3. The van der Waals surface area contributed by atoms with E-state index in [9.17, 15) is 19.2 Å². The molecule has 3 aliphatic carbocycles. The lowest BCUT2D eigenvalue weighted by molar-refractivity contribution is -0.122. The van der Waals surface area contributed by atoms with Crippen LogP contribution in [0.2, 0.25) is 0 Å². The highest BCUT2D eigenvalue weighted by Gasteiger charge is 2.62. The minimum absolute atomic E-state index is 0.0489. The van der Waals surface area contributed by atoms with Crippen LogP contribution in [0.15, 0.2) is 95.5 Å². The molecule has 1 heterocycles. The van der Waals surface area contributed by atoms with E-state index in [0.29, 0.717) is 5.69 Å². The first-order valence-corrected chi connectivity index (χ1v) is 14.5. The highest BCUT2D eigenvalue weighted by molar-refractivity contribution is 9.10. The predicted molar refractivity (Wildman–Crippen MR) is 160 cm³/mol. The van der Waals surface area contributed by atoms with Crippen molar-refractivity contribution in [2.45, 2.75) is 18.8 Å². The number of aryl methyl sites for hydroxylation is 1. The number of benzene rings is 4. The van der Waals surface area contributed by atoms with Crippen LogP contribution < -0.4 is 10.2 Å². The molecule has 0 spiro atoms. The van der Waals surface area contributed by atoms with E-state index in [1.54, 1.807) is 30.3 Å². The number of ether oxygens (including phenoxy) is 1. The second kappa shape index (κ2) is 10.1. The number of halogens is 1. The zero-order chi connectivity index (χ0) is 29.1. The number of imide groups is 1. The topological polar surface area (TPSA) is 92.8 Å². The summed E-state index contributed by atoms with van der Waals surface area (Å²) in [4.78, 5) is 55.3. The maximum Gasteiger partial charge on any atom is 0.340 e. The van der Waals surface area contributed by atoms with Crippen LogP contribution in [0.4, 0.5) is 11.4 Å². The monoisotopic (exact) mass is 620 g/mol. The van der Waals surface area contributed by atoms with Gasteiger partial charge in [-0.15, -0.1) is 0 Å². The van der Waals surface area contributed by atoms with Gasteiger partial charge >= 0.3 is 5.97 Å². The van der Waals surface area contributed by atoms with Crippen LogP contribution in [0.5, 0.6) is 0 Å². The zero-order valence-electron chi connectivity index (χ0n) is 22.5. The molecule has 0 saturated carbocycles. The number of carbonyl (C=O) groups excluding carboxylic acids is 4. The molecule has 8 rings (SSSR count). The average molecular weight is 621 g/mol. The molecule has 2 bridgehead atoms. The van der Waals surface area contributed by atoms with Crippen molar-refractivity contribution >= 4 is 51.0 Å². The molecule has 42 heavy (non-hydrogen) atoms. The third kappa shape index (κ3) is 4.01. The van der Waals surface area contributed by atoms with Gasteiger partial charge < -0.3 is 10.1 Å². The Kier molecular flexibility index (Phi) is 6.31. The van der Waals surface area contributed by atoms with E-state index in [-0.39, 0.29) is 34.9 Å². The van der Waals surface area contributed by atoms with E-state index in [0.717, 1.165) is 37.2 Å². The van der Waals surface area contributed by atoms with Gasteiger partial charge in [-0.3, -0.25) is 14.4 Å². The number of rotatable bonds is 5. The van der Waals surface area contributed by atoms with Gasteiger partial charge in [0.15, 0.2) is 6.61 Å². The van der Waals surface area contributed by atoms with Crippen LogP contribution in [0.3, 0.4) is 0 Å². The van der Waals surface area contributed by atoms with Crippen molar-refractivity contribution in [1.29, 1.82) is 0 Å². The minimum Gasteiger partial charge on any atom is -0.452 e. The summed E-state index contributed by atoms with van der Waals surface area (Å²) in [5, 5.41) is 2.74. The van der Waals surface area contributed by atoms with Crippen molar-refractivity contribution in [3.8, 4) is 0 Å². The average Bonchev–Trinajstić information content (AvgIpc) is 3.27. The molecule has 4 aromatic rings. The molecule has 1 N–H and O–H groups in total. The number of para-hydroxylation sites is 1. The molecule has 2 atom stereocenters.